The Labute approximate surface area is 142 Å². The monoisotopic (exact) mass is 353 g/mol. The molecule has 1 fully saturated rings. The SMILES string of the molecule is Cc1ncn([C@@H]2CCCNC2)c(=O)c1-c1ccc(C(F)(F)F)cc1O. The van der Waals surface area contributed by atoms with E-state index >= 15 is 0 Å². The maximum Gasteiger partial charge on any atom is 0.416 e. The van der Waals surface area contributed by atoms with Gasteiger partial charge in [0.2, 0.25) is 0 Å². The molecule has 1 aliphatic heterocycles. The molecule has 0 aliphatic carbocycles. The number of benzene rings is 1. The second-order valence-electron chi connectivity index (χ2n) is 6.15. The fourth-order valence-electron chi connectivity index (χ4n) is 3.11. The molecule has 1 aromatic heterocycles. The lowest BCUT2D eigenvalue weighted by Crippen LogP contribution is -2.37. The smallest absolute Gasteiger partial charge is 0.416 e. The number of alkyl halides is 3. The first-order chi connectivity index (χ1) is 11.8. The van der Waals surface area contributed by atoms with Crippen molar-refractivity contribution in [3.05, 3.63) is 46.1 Å². The minimum Gasteiger partial charge on any atom is -0.507 e. The Morgan fingerprint density at radius 3 is 2.72 bits per heavy atom. The van der Waals surface area contributed by atoms with Crippen LogP contribution in [0.2, 0.25) is 0 Å². The van der Waals surface area contributed by atoms with Crippen LogP contribution in [-0.2, 0) is 6.18 Å². The van der Waals surface area contributed by atoms with Crippen LogP contribution >= 0.6 is 0 Å². The summed E-state index contributed by atoms with van der Waals surface area (Å²) in [5.41, 5.74) is -0.788. The number of halogens is 3. The lowest BCUT2D eigenvalue weighted by Gasteiger charge is -2.25. The standard InChI is InChI=1S/C17H18F3N3O2/c1-10-15(13-5-4-11(7-14(13)24)17(18,19)20)16(25)23(9-22-10)12-3-2-6-21-8-12/h4-5,7,9,12,21,24H,2-3,6,8H2,1H3/t12-/m1/s1. The van der Waals surface area contributed by atoms with E-state index in [1.807, 2.05) is 0 Å². The summed E-state index contributed by atoms with van der Waals surface area (Å²) >= 11 is 0. The first-order valence-electron chi connectivity index (χ1n) is 7.98. The van der Waals surface area contributed by atoms with Gasteiger partial charge in [-0.05, 0) is 44.5 Å². The second kappa shape index (κ2) is 6.51. The van der Waals surface area contributed by atoms with Gasteiger partial charge in [-0.15, -0.1) is 0 Å². The zero-order valence-electron chi connectivity index (χ0n) is 13.6. The predicted octanol–water partition coefficient (Wildman–Crippen LogP) is 2.87. The predicted molar refractivity (Wildman–Crippen MR) is 86.5 cm³/mol. The summed E-state index contributed by atoms with van der Waals surface area (Å²) < 4.78 is 39.8. The molecule has 1 atom stereocenters. The van der Waals surface area contributed by atoms with E-state index in [1.54, 1.807) is 6.92 Å². The first-order valence-corrected chi connectivity index (χ1v) is 7.98. The van der Waals surface area contributed by atoms with E-state index in [0.717, 1.165) is 31.5 Å². The number of aromatic hydroxyl groups is 1. The number of piperidine rings is 1. The minimum absolute atomic E-state index is 0.0566. The third-order valence-corrected chi connectivity index (χ3v) is 4.44. The van der Waals surface area contributed by atoms with Crippen molar-refractivity contribution < 1.29 is 18.3 Å². The van der Waals surface area contributed by atoms with Gasteiger partial charge in [0.25, 0.3) is 5.56 Å². The van der Waals surface area contributed by atoms with Crippen LogP contribution < -0.4 is 10.9 Å². The van der Waals surface area contributed by atoms with Gasteiger partial charge in [-0.2, -0.15) is 13.2 Å². The van der Waals surface area contributed by atoms with E-state index in [1.165, 1.54) is 10.9 Å². The van der Waals surface area contributed by atoms with Crippen LogP contribution in [0.3, 0.4) is 0 Å². The molecule has 5 nitrogen and oxygen atoms in total. The molecule has 1 aliphatic rings. The van der Waals surface area contributed by atoms with Crippen molar-refractivity contribution in [1.29, 1.82) is 0 Å². The zero-order valence-corrected chi connectivity index (χ0v) is 13.6. The molecule has 1 saturated heterocycles. The van der Waals surface area contributed by atoms with Crippen LogP contribution in [0.5, 0.6) is 5.75 Å². The van der Waals surface area contributed by atoms with Gasteiger partial charge in [0, 0.05) is 12.1 Å². The van der Waals surface area contributed by atoms with Crippen LogP contribution in [0.4, 0.5) is 13.2 Å². The number of rotatable bonds is 2. The highest BCUT2D eigenvalue weighted by atomic mass is 19.4. The molecule has 1 aromatic carbocycles. The number of nitrogens with zero attached hydrogens (tertiary/aromatic N) is 2. The fourth-order valence-corrected chi connectivity index (χ4v) is 3.11. The number of phenolic OH excluding ortho intramolecular Hbond substituents is 1. The molecule has 8 heteroatoms. The average molecular weight is 353 g/mol. The second-order valence-corrected chi connectivity index (χ2v) is 6.15. The van der Waals surface area contributed by atoms with E-state index in [-0.39, 0.29) is 22.7 Å². The van der Waals surface area contributed by atoms with Gasteiger partial charge in [0.05, 0.1) is 29.2 Å². The van der Waals surface area contributed by atoms with Gasteiger partial charge in [0.1, 0.15) is 5.75 Å². The van der Waals surface area contributed by atoms with Gasteiger partial charge < -0.3 is 10.4 Å². The Bertz CT molecular complexity index is 840. The van der Waals surface area contributed by atoms with Crippen molar-refractivity contribution in [3.63, 3.8) is 0 Å². The molecule has 0 spiro atoms. The van der Waals surface area contributed by atoms with Crippen LogP contribution in [0.25, 0.3) is 11.1 Å². The number of nitrogens with one attached hydrogen (secondary N) is 1. The number of aromatic nitrogens is 2. The summed E-state index contributed by atoms with van der Waals surface area (Å²) in [6.45, 7) is 3.11. The van der Waals surface area contributed by atoms with Crippen molar-refractivity contribution in [2.75, 3.05) is 13.1 Å². The van der Waals surface area contributed by atoms with Gasteiger partial charge in [0.15, 0.2) is 0 Å². The van der Waals surface area contributed by atoms with E-state index in [9.17, 15) is 23.1 Å². The largest absolute Gasteiger partial charge is 0.507 e. The summed E-state index contributed by atoms with van der Waals surface area (Å²) in [5, 5.41) is 13.3. The van der Waals surface area contributed by atoms with Crippen LogP contribution in [-0.4, -0.2) is 27.7 Å². The Balaban J connectivity index is 2.09. The van der Waals surface area contributed by atoms with Crippen molar-refractivity contribution in [1.82, 2.24) is 14.9 Å². The van der Waals surface area contributed by atoms with Crippen molar-refractivity contribution in [3.8, 4) is 16.9 Å². The molecule has 2 aromatic rings. The summed E-state index contributed by atoms with van der Waals surface area (Å²) in [6.07, 6.45) is -1.37. The number of phenols is 1. The normalized spacial score (nSPS) is 18.3. The van der Waals surface area contributed by atoms with E-state index in [0.29, 0.717) is 18.3 Å². The Kier molecular flexibility index (Phi) is 4.55. The number of hydrogen-bond donors (Lipinski definition) is 2. The molecule has 3 rings (SSSR count). The summed E-state index contributed by atoms with van der Waals surface area (Å²) in [5.74, 6) is -0.587. The minimum atomic E-state index is -4.56. The van der Waals surface area contributed by atoms with Crippen molar-refractivity contribution in [2.45, 2.75) is 32.0 Å². The zero-order chi connectivity index (χ0) is 18.2. The third-order valence-electron chi connectivity index (χ3n) is 4.44. The van der Waals surface area contributed by atoms with Crippen LogP contribution in [0.15, 0.2) is 29.3 Å². The maximum atomic E-state index is 12.9. The van der Waals surface area contributed by atoms with Gasteiger partial charge in [-0.3, -0.25) is 9.36 Å². The molecule has 2 heterocycles. The Morgan fingerprint density at radius 1 is 1.36 bits per heavy atom. The topological polar surface area (TPSA) is 67.2 Å². The van der Waals surface area contributed by atoms with Crippen molar-refractivity contribution >= 4 is 0 Å². The maximum absolute atomic E-state index is 12.9. The summed E-state index contributed by atoms with van der Waals surface area (Å²) in [4.78, 5) is 17.1. The molecular formula is C17H18F3N3O2. The highest BCUT2D eigenvalue weighted by Gasteiger charge is 2.31. The van der Waals surface area contributed by atoms with Gasteiger partial charge >= 0.3 is 6.18 Å². The first kappa shape index (κ1) is 17.5. The summed E-state index contributed by atoms with van der Waals surface area (Å²) in [6, 6.07) is 2.54. The summed E-state index contributed by atoms with van der Waals surface area (Å²) in [7, 11) is 0. The lowest BCUT2D eigenvalue weighted by molar-refractivity contribution is -0.137. The molecule has 0 radical (unpaired) electrons. The number of hydrogen-bond acceptors (Lipinski definition) is 4. The lowest BCUT2D eigenvalue weighted by atomic mass is 10.0. The molecule has 0 saturated carbocycles. The highest BCUT2D eigenvalue weighted by molar-refractivity contribution is 5.71. The average Bonchev–Trinajstić information content (AvgIpc) is 2.56. The number of aryl methyl sites for hydroxylation is 1. The molecule has 0 bridgehead atoms. The fraction of sp³-hybridized carbons (Fsp3) is 0.412. The van der Waals surface area contributed by atoms with Gasteiger partial charge in [-0.25, -0.2) is 4.98 Å². The molecule has 0 unspecified atom stereocenters. The Morgan fingerprint density at radius 2 is 2.12 bits per heavy atom. The molecule has 134 valence electrons. The third kappa shape index (κ3) is 3.39. The molecule has 2 N–H and O–H groups in total. The molecular weight excluding hydrogens is 335 g/mol. The molecule has 0 amide bonds. The Hall–Kier alpha value is -2.35. The highest BCUT2D eigenvalue weighted by Crippen LogP contribution is 2.36. The van der Waals surface area contributed by atoms with Crippen LogP contribution in [0, 0.1) is 6.92 Å². The molecule has 25 heavy (non-hydrogen) atoms. The van der Waals surface area contributed by atoms with E-state index in [4.69, 9.17) is 0 Å². The quantitative estimate of drug-likeness (QED) is 0.871. The van der Waals surface area contributed by atoms with E-state index < -0.39 is 17.5 Å². The van der Waals surface area contributed by atoms with Gasteiger partial charge in [-0.1, -0.05) is 0 Å². The van der Waals surface area contributed by atoms with Crippen molar-refractivity contribution in [2.24, 2.45) is 0 Å². The van der Waals surface area contributed by atoms with E-state index in [2.05, 4.69) is 10.3 Å². The van der Waals surface area contributed by atoms with Crippen LogP contribution in [0.1, 0.15) is 30.1 Å².